The van der Waals surface area contributed by atoms with Gasteiger partial charge in [-0.25, -0.2) is 0 Å². The minimum Gasteiger partial charge on any atom is -0.414 e. The first-order valence-electron chi connectivity index (χ1n) is 11.5. The highest BCUT2D eigenvalue weighted by atomic mass is 28.4. The first-order chi connectivity index (χ1) is 15.5. The predicted octanol–water partition coefficient (Wildman–Crippen LogP) is 3.89. The van der Waals surface area contributed by atoms with Crippen LogP contribution in [-0.2, 0) is 27.1 Å². The van der Waals surface area contributed by atoms with Crippen molar-refractivity contribution in [3.05, 3.63) is 71.8 Å². The number of benzene rings is 2. The van der Waals surface area contributed by atoms with Crippen LogP contribution in [0.4, 0.5) is 0 Å². The molecule has 4 atom stereocenters. The first-order valence-corrected chi connectivity index (χ1v) is 14.4. The Bertz CT molecular complexity index is 793. The third-order valence-corrected chi connectivity index (χ3v) is 10.8. The van der Waals surface area contributed by atoms with E-state index >= 15 is 0 Å². The summed E-state index contributed by atoms with van der Waals surface area (Å²) in [6.07, 6.45) is -4.13. The molecule has 2 aromatic carbocycles. The van der Waals surface area contributed by atoms with Gasteiger partial charge in [0.2, 0.25) is 0 Å². The molecule has 0 saturated heterocycles. The highest BCUT2D eigenvalue weighted by Gasteiger charge is 2.40. The van der Waals surface area contributed by atoms with Crippen LogP contribution in [0.1, 0.15) is 31.9 Å². The van der Waals surface area contributed by atoms with Crippen LogP contribution < -0.4 is 0 Å². The van der Waals surface area contributed by atoms with E-state index in [2.05, 4.69) is 33.9 Å². The van der Waals surface area contributed by atoms with Crippen molar-refractivity contribution in [3.8, 4) is 0 Å². The molecule has 0 spiro atoms. The van der Waals surface area contributed by atoms with Gasteiger partial charge >= 0.3 is 0 Å². The molecule has 0 saturated carbocycles. The number of hydrogen-bond donors (Lipinski definition) is 3. The van der Waals surface area contributed by atoms with Gasteiger partial charge in [0.05, 0.1) is 26.4 Å². The Labute approximate surface area is 199 Å². The van der Waals surface area contributed by atoms with Crippen molar-refractivity contribution in [1.29, 1.82) is 0 Å². The molecule has 0 heterocycles. The lowest BCUT2D eigenvalue weighted by Gasteiger charge is -2.39. The van der Waals surface area contributed by atoms with E-state index in [4.69, 9.17) is 13.9 Å². The number of hydrogen-bond acceptors (Lipinski definition) is 6. The van der Waals surface area contributed by atoms with Crippen LogP contribution in [0.15, 0.2) is 60.7 Å². The smallest absolute Gasteiger partial charge is 0.192 e. The second-order valence-electron chi connectivity index (χ2n) is 9.91. The molecule has 0 unspecified atom stereocenters. The van der Waals surface area contributed by atoms with Crippen molar-refractivity contribution >= 4 is 8.32 Å². The molecule has 6 nitrogen and oxygen atoms in total. The lowest BCUT2D eigenvalue weighted by Crippen LogP contribution is -2.52. The summed E-state index contributed by atoms with van der Waals surface area (Å²) in [5.41, 5.74) is 1.85. The van der Waals surface area contributed by atoms with Gasteiger partial charge in [0.25, 0.3) is 0 Å². The highest BCUT2D eigenvalue weighted by molar-refractivity contribution is 6.74. The third kappa shape index (κ3) is 8.61. The molecule has 0 aliphatic heterocycles. The Morgan fingerprint density at radius 1 is 0.758 bits per heavy atom. The first kappa shape index (κ1) is 27.7. The van der Waals surface area contributed by atoms with E-state index in [9.17, 15) is 15.3 Å². The van der Waals surface area contributed by atoms with E-state index < -0.39 is 39.3 Å². The molecule has 3 N–H and O–H groups in total. The molecule has 0 amide bonds. The topological polar surface area (TPSA) is 88.4 Å². The molecule has 33 heavy (non-hydrogen) atoms. The van der Waals surface area contributed by atoms with Gasteiger partial charge in [-0.15, -0.1) is 0 Å². The Kier molecular flexibility index (Phi) is 10.7. The highest BCUT2D eigenvalue weighted by Crippen LogP contribution is 2.36. The zero-order valence-electron chi connectivity index (χ0n) is 20.5. The van der Waals surface area contributed by atoms with Crippen molar-refractivity contribution in [2.75, 3.05) is 13.2 Å². The van der Waals surface area contributed by atoms with Gasteiger partial charge in [-0.1, -0.05) is 81.4 Å². The summed E-state index contributed by atoms with van der Waals surface area (Å²) in [4.78, 5) is 0. The average molecular weight is 477 g/mol. The van der Waals surface area contributed by atoms with Gasteiger partial charge in [0, 0.05) is 0 Å². The number of aliphatic hydroxyl groups is 3. The summed E-state index contributed by atoms with van der Waals surface area (Å²) in [6, 6.07) is 19.2. The number of rotatable bonds is 13. The van der Waals surface area contributed by atoms with Crippen LogP contribution in [0, 0.1) is 0 Å². The molecule has 0 aliphatic rings. The van der Waals surface area contributed by atoms with Crippen LogP contribution in [0.3, 0.4) is 0 Å². The molecule has 7 heteroatoms. The summed E-state index contributed by atoms with van der Waals surface area (Å²) < 4.78 is 18.3. The Hall–Kier alpha value is -1.58. The zero-order chi connectivity index (χ0) is 24.5. The van der Waals surface area contributed by atoms with Crippen molar-refractivity contribution in [2.45, 2.75) is 76.5 Å². The monoisotopic (exact) mass is 476 g/mol. The molecule has 0 aromatic heterocycles. The van der Waals surface area contributed by atoms with E-state index in [0.717, 1.165) is 11.1 Å². The van der Waals surface area contributed by atoms with Gasteiger partial charge in [0.1, 0.15) is 24.4 Å². The van der Waals surface area contributed by atoms with Crippen LogP contribution in [0.25, 0.3) is 0 Å². The zero-order valence-corrected chi connectivity index (χ0v) is 21.5. The molecular formula is C26H40O6Si. The quantitative estimate of drug-likeness (QED) is 0.380. The van der Waals surface area contributed by atoms with Gasteiger partial charge in [-0.2, -0.15) is 0 Å². The molecule has 0 aliphatic carbocycles. The van der Waals surface area contributed by atoms with Crippen molar-refractivity contribution in [2.24, 2.45) is 0 Å². The molecule has 2 rings (SSSR count). The lowest BCUT2D eigenvalue weighted by molar-refractivity contribution is -0.176. The fourth-order valence-electron chi connectivity index (χ4n) is 3.09. The fraction of sp³-hybridized carbons (Fsp3) is 0.538. The summed E-state index contributed by atoms with van der Waals surface area (Å²) >= 11 is 0. The van der Waals surface area contributed by atoms with Crippen LogP contribution in [-0.4, -0.2) is 61.3 Å². The van der Waals surface area contributed by atoms with Gasteiger partial charge in [-0.3, -0.25) is 0 Å². The molecule has 0 bridgehead atoms. The summed E-state index contributed by atoms with van der Waals surface area (Å²) in [5, 5.41) is 31.4. The van der Waals surface area contributed by atoms with E-state index in [-0.39, 0.29) is 24.9 Å². The second-order valence-corrected chi connectivity index (χ2v) is 14.7. The molecule has 184 valence electrons. The summed E-state index contributed by atoms with van der Waals surface area (Å²) in [5.74, 6) is 0. The Balaban J connectivity index is 2.20. The van der Waals surface area contributed by atoms with Crippen molar-refractivity contribution in [1.82, 2.24) is 0 Å². The number of ether oxygens (including phenoxy) is 2. The maximum absolute atomic E-state index is 11.1. The molecule has 0 fully saturated rings. The Morgan fingerprint density at radius 2 is 1.18 bits per heavy atom. The third-order valence-electron chi connectivity index (χ3n) is 6.26. The predicted molar refractivity (Wildman–Crippen MR) is 132 cm³/mol. The summed E-state index contributed by atoms with van der Waals surface area (Å²) in [6.45, 7) is 10.6. The van der Waals surface area contributed by atoms with Gasteiger partial charge < -0.3 is 29.2 Å². The largest absolute Gasteiger partial charge is 0.414 e. The van der Waals surface area contributed by atoms with Crippen LogP contribution >= 0.6 is 0 Å². The molecular weight excluding hydrogens is 436 g/mol. The van der Waals surface area contributed by atoms with Crippen molar-refractivity contribution in [3.63, 3.8) is 0 Å². The van der Waals surface area contributed by atoms with E-state index in [1.165, 1.54) is 0 Å². The van der Waals surface area contributed by atoms with E-state index in [0.29, 0.717) is 0 Å². The van der Waals surface area contributed by atoms with Gasteiger partial charge in [-0.05, 0) is 29.3 Å². The van der Waals surface area contributed by atoms with Crippen LogP contribution in [0.2, 0.25) is 18.1 Å². The minimum atomic E-state index is -2.11. The summed E-state index contributed by atoms with van der Waals surface area (Å²) in [7, 11) is -2.11. The van der Waals surface area contributed by atoms with Crippen LogP contribution in [0.5, 0.6) is 0 Å². The fourth-order valence-corrected chi connectivity index (χ4v) is 4.11. The standard InChI is InChI=1S/C26H40O6Si/c1-26(2,3)33(4,5)32-19-23(29)25(31-18-21-14-10-7-11-15-21)24(22(28)16-27)30-17-20-12-8-6-9-13-20/h6-15,22-25,27-29H,16-19H2,1-5H3/t22-,23-,24-,25-/m1/s1. The minimum absolute atomic E-state index is 0.0130. The van der Waals surface area contributed by atoms with Gasteiger partial charge in [0.15, 0.2) is 8.32 Å². The van der Waals surface area contributed by atoms with E-state index in [1.807, 2.05) is 60.7 Å². The number of aliphatic hydroxyl groups excluding tert-OH is 3. The Morgan fingerprint density at radius 3 is 1.58 bits per heavy atom. The molecule has 0 radical (unpaired) electrons. The lowest BCUT2D eigenvalue weighted by atomic mass is 10.0. The molecule has 2 aromatic rings. The normalized spacial score (nSPS) is 16.2. The van der Waals surface area contributed by atoms with E-state index in [1.54, 1.807) is 0 Å². The maximum atomic E-state index is 11.1. The second kappa shape index (κ2) is 12.8. The average Bonchev–Trinajstić information content (AvgIpc) is 2.79. The van der Waals surface area contributed by atoms with Crippen molar-refractivity contribution < 1.29 is 29.2 Å². The maximum Gasteiger partial charge on any atom is 0.192 e. The SMILES string of the molecule is CC(C)(C)[Si](C)(C)OC[C@@H](O)[C@@H](OCc1ccccc1)[C@H](OCc1ccccc1)[C@H](O)CO.